The van der Waals surface area contributed by atoms with Gasteiger partial charge in [0, 0.05) is 30.4 Å². The van der Waals surface area contributed by atoms with E-state index >= 15 is 0 Å². The maximum atomic E-state index is 13.6. The molecule has 1 aliphatic rings. The molecule has 1 unspecified atom stereocenters. The van der Waals surface area contributed by atoms with Crippen LogP contribution >= 0.6 is 0 Å². The molecule has 0 aliphatic carbocycles. The molecular weight excluding hydrogens is 399 g/mol. The molecule has 3 aromatic rings. The van der Waals surface area contributed by atoms with Crippen LogP contribution in [0.2, 0.25) is 0 Å². The van der Waals surface area contributed by atoms with Gasteiger partial charge in [-0.25, -0.2) is 4.39 Å². The Labute approximate surface area is 179 Å². The van der Waals surface area contributed by atoms with Crippen molar-refractivity contribution in [2.75, 3.05) is 18.5 Å². The number of anilines is 1. The summed E-state index contributed by atoms with van der Waals surface area (Å²) in [6, 6.07) is 11.9. The summed E-state index contributed by atoms with van der Waals surface area (Å²) in [6.07, 6.45) is 3.04. The van der Waals surface area contributed by atoms with E-state index in [4.69, 9.17) is 9.72 Å². The summed E-state index contributed by atoms with van der Waals surface area (Å²) >= 11 is 0. The lowest BCUT2D eigenvalue weighted by atomic mass is 9.91. The second-order valence-corrected chi connectivity index (χ2v) is 7.71. The lowest BCUT2D eigenvalue weighted by Crippen LogP contribution is -2.14. The zero-order valence-corrected chi connectivity index (χ0v) is 17.1. The van der Waals surface area contributed by atoms with Crippen LogP contribution < -0.4 is 10.1 Å². The average Bonchev–Trinajstić information content (AvgIpc) is 3.20. The Kier molecular flexibility index (Phi) is 6.45. The van der Waals surface area contributed by atoms with E-state index in [9.17, 15) is 14.3 Å². The largest absolute Gasteiger partial charge is 0.481 e. The fraction of sp³-hybridized carbons (Fsp3) is 0.348. The quantitative estimate of drug-likeness (QED) is 0.484. The van der Waals surface area contributed by atoms with Gasteiger partial charge >= 0.3 is 5.97 Å². The highest BCUT2D eigenvalue weighted by Gasteiger charge is 2.18. The van der Waals surface area contributed by atoms with Crippen molar-refractivity contribution in [2.24, 2.45) is 0 Å². The topological polar surface area (TPSA) is 100 Å². The monoisotopic (exact) mass is 424 g/mol. The number of hydrogen-bond donors (Lipinski definition) is 3. The fourth-order valence-corrected chi connectivity index (χ4v) is 3.84. The predicted molar refractivity (Wildman–Crippen MR) is 114 cm³/mol. The fourth-order valence-electron chi connectivity index (χ4n) is 3.84. The minimum Gasteiger partial charge on any atom is -0.481 e. The number of hydrogen-bond acceptors (Lipinski definition) is 5. The van der Waals surface area contributed by atoms with E-state index in [1.807, 2.05) is 6.07 Å². The van der Waals surface area contributed by atoms with Gasteiger partial charge in [0.15, 0.2) is 0 Å². The number of carbonyl (C=O) groups is 1. The van der Waals surface area contributed by atoms with Crippen molar-refractivity contribution in [3.63, 3.8) is 0 Å². The zero-order valence-electron chi connectivity index (χ0n) is 17.1. The molecule has 2 aromatic heterocycles. The standard InChI is InChI=1S/C23H25FN4O3/c24-17-4-1-3-15(11-17)16(13-23(29)30)12-19-14-22(28-27-19)31-10-8-18-6-7-20-21(26-18)5-2-9-25-20/h1,3-4,6-7,11,14,16,25H,2,5,8-10,12-13H2,(H,27,28)(H,29,30). The second kappa shape index (κ2) is 9.59. The van der Waals surface area contributed by atoms with Crippen LogP contribution in [0.3, 0.4) is 0 Å². The van der Waals surface area contributed by atoms with Crippen LogP contribution in [0.1, 0.15) is 41.4 Å². The van der Waals surface area contributed by atoms with Crippen molar-refractivity contribution >= 4 is 11.7 Å². The summed E-state index contributed by atoms with van der Waals surface area (Å²) in [6.45, 7) is 1.43. The molecule has 8 heteroatoms. The Morgan fingerprint density at radius 1 is 1.26 bits per heavy atom. The molecule has 31 heavy (non-hydrogen) atoms. The number of halogens is 1. The van der Waals surface area contributed by atoms with Crippen molar-refractivity contribution in [2.45, 2.75) is 38.0 Å². The van der Waals surface area contributed by atoms with Gasteiger partial charge in [-0.2, -0.15) is 0 Å². The van der Waals surface area contributed by atoms with Crippen LogP contribution in [0.25, 0.3) is 0 Å². The van der Waals surface area contributed by atoms with Gasteiger partial charge in [0.25, 0.3) is 0 Å². The molecule has 162 valence electrons. The smallest absolute Gasteiger partial charge is 0.303 e. The minimum absolute atomic E-state index is 0.0997. The number of ether oxygens (including phenoxy) is 1. The van der Waals surface area contributed by atoms with E-state index in [-0.39, 0.29) is 18.2 Å². The summed E-state index contributed by atoms with van der Waals surface area (Å²) in [5.74, 6) is -1.23. The second-order valence-electron chi connectivity index (χ2n) is 7.71. The Bertz CT molecular complexity index is 1050. The molecule has 0 saturated heterocycles. The summed E-state index contributed by atoms with van der Waals surface area (Å²) in [4.78, 5) is 16.0. The van der Waals surface area contributed by atoms with Gasteiger partial charge in [-0.3, -0.25) is 14.9 Å². The summed E-state index contributed by atoms with van der Waals surface area (Å²) in [5.41, 5.74) is 4.58. The van der Waals surface area contributed by atoms with E-state index in [0.29, 0.717) is 30.9 Å². The first-order chi connectivity index (χ1) is 15.1. The number of aromatic amines is 1. The van der Waals surface area contributed by atoms with Gasteiger partial charge in [0.2, 0.25) is 5.88 Å². The van der Waals surface area contributed by atoms with Crippen LogP contribution in [0, 0.1) is 5.82 Å². The Hall–Kier alpha value is -3.42. The molecule has 0 amide bonds. The molecule has 3 N–H and O–H groups in total. The van der Waals surface area contributed by atoms with Gasteiger partial charge < -0.3 is 15.2 Å². The first-order valence-corrected chi connectivity index (χ1v) is 10.4. The van der Waals surface area contributed by atoms with E-state index in [0.717, 1.165) is 42.2 Å². The molecule has 0 spiro atoms. The van der Waals surface area contributed by atoms with Crippen LogP contribution in [-0.2, 0) is 24.1 Å². The molecule has 4 rings (SSSR count). The SMILES string of the molecule is O=C(O)CC(Cc1cc(OCCc2ccc3c(n2)CCCN3)n[nH]1)c1cccc(F)c1. The Balaban J connectivity index is 1.34. The van der Waals surface area contributed by atoms with Gasteiger partial charge in [0.1, 0.15) is 5.82 Å². The van der Waals surface area contributed by atoms with E-state index in [1.165, 1.54) is 12.1 Å². The predicted octanol–water partition coefficient (Wildman–Crippen LogP) is 3.72. The maximum absolute atomic E-state index is 13.6. The number of carboxylic acids is 1. The maximum Gasteiger partial charge on any atom is 0.303 e. The molecule has 0 saturated carbocycles. The third-order valence-electron chi connectivity index (χ3n) is 5.36. The molecule has 0 bridgehead atoms. The van der Waals surface area contributed by atoms with Crippen molar-refractivity contribution in [1.29, 1.82) is 0 Å². The van der Waals surface area contributed by atoms with E-state index in [1.54, 1.807) is 18.2 Å². The first-order valence-electron chi connectivity index (χ1n) is 10.4. The van der Waals surface area contributed by atoms with Crippen LogP contribution in [0.15, 0.2) is 42.5 Å². The third kappa shape index (κ3) is 5.59. The lowest BCUT2D eigenvalue weighted by Gasteiger charge is -2.17. The normalized spacial score (nSPS) is 13.8. The molecule has 0 radical (unpaired) electrons. The number of nitrogens with one attached hydrogen (secondary N) is 2. The van der Waals surface area contributed by atoms with Crippen molar-refractivity contribution < 1.29 is 19.0 Å². The van der Waals surface area contributed by atoms with Crippen LogP contribution in [-0.4, -0.2) is 39.4 Å². The summed E-state index contributed by atoms with van der Waals surface area (Å²) < 4.78 is 19.3. The average molecular weight is 424 g/mol. The Morgan fingerprint density at radius 2 is 2.16 bits per heavy atom. The molecule has 7 nitrogen and oxygen atoms in total. The van der Waals surface area contributed by atoms with Gasteiger partial charge in [0.05, 0.1) is 24.4 Å². The highest BCUT2D eigenvalue weighted by molar-refractivity contribution is 5.68. The molecular formula is C23H25FN4O3. The minimum atomic E-state index is -0.932. The lowest BCUT2D eigenvalue weighted by molar-refractivity contribution is -0.137. The molecule has 3 heterocycles. The number of nitrogens with zero attached hydrogens (tertiary/aromatic N) is 2. The van der Waals surface area contributed by atoms with Gasteiger partial charge in [-0.1, -0.05) is 12.1 Å². The van der Waals surface area contributed by atoms with Crippen molar-refractivity contribution in [3.05, 3.63) is 70.9 Å². The first kappa shape index (κ1) is 20.8. The van der Waals surface area contributed by atoms with E-state index < -0.39 is 5.97 Å². The highest BCUT2D eigenvalue weighted by Crippen LogP contribution is 2.26. The van der Waals surface area contributed by atoms with Gasteiger partial charge in [-0.05, 0) is 55.0 Å². The van der Waals surface area contributed by atoms with E-state index in [2.05, 4.69) is 21.6 Å². The van der Waals surface area contributed by atoms with Crippen LogP contribution in [0.5, 0.6) is 5.88 Å². The number of aliphatic carboxylic acids is 1. The summed E-state index contributed by atoms with van der Waals surface area (Å²) in [5, 5.41) is 19.7. The third-order valence-corrected chi connectivity index (χ3v) is 5.36. The molecule has 1 aromatic carbocycles. The Morgan fingerprint density at radius 3 is 3.00 bits per heavy atom. The molecule has 1 aliphatic heterocycles. The number of aromatic nitrogens is 3. The van der Waals surface area contributed by atoms with Crippen LogP contribution in [0.4, 0.5) is 10.1 Å². The number of fused-ring (bicyclic) bond motifs is 1. The number of H-pyrrole nitrogens is 1. The number of carboxylic acid groups (broad SMARTS) is 1. The number of rotatable bonds is 9. The molecule has 1 atom stereocenters. The van der Waals surface area contributed by atoms with Crippen molar-refractivity contribution in [3.8, 4) is 5.88 Å². The van der Waals surface area contributed by atoms with Gasteiger partial charge in [-0.15, -0.1) is 5.10 Å². The highest BCUT2D eigenvalue weighted by atomic mass is 19.1. The number of benzene rings is 1. The number of aryl methyl sites for hydroxylation is 1. The summed E-state index contributed by atoms with van der Waals surface area (Å²) in [7, 11) is 0. The zero-order chi connectivity index (χ0) is 21.6. The van der Waals surface area contributed by atoms with Crippen molar-refractivity contribution in [1.82, 2.24) is 15.2 Å². The number of pyridine rings is 1. The molecule has 0 fully saturated rings.